The van der Waals surface area contributed by atoms with E-state index in [0.717, 1.165) is 11.1 Å². The summed E-state index contributed by atoms with van der Waals surface area (Å²) in [6.45, 7) is 0.800. The molecule has 220 valence electrons. The molecule has 0 atom stereocenters. The van der Waals surface area contributed by atoms with E-state index >= 15 is 0 Å². The summed E-state index contributed by atoms with van der Waals surface area (Å²) in [5.41, 5.74) is 8.07. The van der Waals surface area contributed by atoms with Gasteiger partial charge < -0.3 is 18.9 Å². The zero-order valence-electron chi connectivity index (χ0n) is 23.9. The second kappa shape index (κ2) is 16.0. The highest BCUT2D eigenvalue weighted by molar-refractivity contribution is 5.97. The van der Waals surface area contributed by atoms with Crippen LogP contribution < -0.4 is 29.8 Å². The van der Waals surface area contributed by atoms with Crippen LogP contribution in [0.15, 0.2) is 107 Å². The molecule has 43 heavy (non-hydrogen) atoms. The molecule has 0 saturated heterocycles. The number of ether oxygens (including phenoxy) is 4. The van der Waals surface area contributed by atoms with Crippen molar-refractivity contribution in [3.63, 3.8) is 0 Å². The maximum atomic E-state index is 12.1. The van der Waals surface area contributed by atoms with Gasteiger partial charge in [0.05, 0.1) is 26.6 Å². The molecule has 0 unspecified atom stereocenters. The Labute approximate surface area is 249 Å². The van der Waals surface area contributed by atoms with E-state index in [2.05, 4.69) is 21.1 Å². The molecule has 2 N–H and O–H groups in total. The summed E-state index contributed by atoms with van der Waals surface area (Å²) in [5.74, 6) is 1.01. The van der Waals surface area contributed by atoms with Crippen molar-refractivity contribution < 1.29 is 28.5 Å². The van der Waals surface area contributed by atoms with Crippen LogP contribution in [0.1, 0.15) is 28.7 Å². The van der Waals surface area contributed by atoms with Gasteiger partial charge in [-0.05, 0) is 58.7 Å². The number of hydrazone groups is 2. The lowest BCUT2D eigenvalue weighted by Crippen LogP contribution is -2.27. The quantitative estimate of drug-likeness (QED) is 0.125. The molecule has 0 aromatic heterocycles. The molecular formula is C33H32N4O6. The van der Waals surface area contributed by atoms with Crippen LogP contribution in [0.5, 0.6) is 23.0 Å². The van der Waals surface area contributed by atoms with Crippen LogP contribution in [-0.2, 0) is 22.8 Å². The van der Waals surface area contributed by atoms with E-state index in [9.17, 15) is 9.59 Å². The highest BCUT2D eigenvalue weighted by atomic mass is 16.5. The molecule has 4 aromatic carbocycles. The molecule has 0 spiro atoms. The van der Waals surface area contributed by atoms with E-state index in [1.165, 1.54) is 12.4 Å². The van der Waals surface area contributed by atoms with E-state index in [-0.39, 0.29) is 0 Å². The topological polar surface area (TPSA) is 120 Å². The number of rotatable bonds is 14. The third-order valence-electron chi connectivity index (χ3n) is 5.98. The lowest BCUT2D eigenvalue weighted by atomic mass is 10.2. The summed E-state index contributed by atoms with van der Waals surface area (Å²) >= 11 is 0. The number of carbonyl (C=O) groups is 2. The summed E-state index contributed by atoms with van der Waals surface area (Å²) in [5, 5.41) is 7.84. The summed E-state index contributed by atoms with van der Waals surface area (Å²) in [6.07, 6.45) is 2.43. The number of methoxy groups -OCH3 is 2. The third-order valence-corrected chi connectivity index (χ3v) is 5.98. The normalized spacial score (nSPS) is 10.8. The fourth-order valence-electron chi connectivity index (χ4n) is 3.82. The van der Waals surface area contributed by atoms with Crippen LogP contribution in [0, 0.1) is 0 Å². The molecule has 0 saturated carbocycles. The number of carbonyl (C=O) groups excluding carboxylic acids is 2. The van der Waals surface area contributed by atoms with E-state index in [1.807, 2.05) is 60.7 Å². The van der Waals surface area contributed by atoms with Crippen molar-refractivity contribution in [2.75, 3.05) is 14.2 Å². The molecule has 0 aliphatic carbocycles. The van der Waals surface area contributed by atoms with Crippen molar-refractivity contribution in [3.8, 4) is 23.0 Å². The van der Waals surface area contributed by atoms with Gasteiger partial charge in [-0.15, -0.1) is 0 Å². The fourth-order valence-corrected chi connectivity index (χ4v) is 3.82. The van der Waals surface area contributed by atoms with Crippen LogP contribution in [0.2, 0.25) is 0 Å². The zero-order chi connectivity index (χ0) is 30.3. The number of amides is 2. The number of hydrogen-bond donors (Lipinski definition) is 2. The van der Waals surface area contributed by atoms with Gasteiger partial charge in [-0.1, -0.05) is 60.7 Å². The smallest absolute Gasteiger partial charge is 0.249 e. The minimum atomic E-state index is -0.597. The van der Waals surface area contributed by atoms with E-state index in [1.54, 1.807) is 50.6 Å². The summed E-state index contributed by atoms with van der Waals surface area (Å²) in [6, 6.07) is 30.1. The maximum Gasteiger partial charge on any atom is 0.249 e. The van der Waals surface area contributed by atoms with Gasteiger partial charge in [-0.3, -0.25) is 9.59 Å². The molecule has 2 amide bonds. The molecule has 4 rings (SSSR count). The van der Waals surface area contributed by atoms with Crippen molar-refractivity contribution >= 4 is 24.2 Å². The summed E-state index contributed by atoms with van der Waals surface area (Å²) in [7, 11) is 3.09. The Hall–Kier alpha value is -5.64. The second-order valence-corrected chi connectivity index (χ2v) is 9.13. The van der Waals surface area contributed by atoms with Gasteiger partial charge in [0.1, 0.15) is 19.6 Å². The van der Waals surface area contributed by atoms with Gasteiger partial charge in [0, 0.05) is 0 Å². The molecule has 0 fully saturated rings. The minimum absolute atomic E-state index is 0.400. The third kappa shape index (κ3) is 9.75. The van der Waals surface area contributed by atoms with Crippen molar-refractivity contribution in [2.24, 2.45) is 10.2 Å². The van der Waals surface area contributed by atoms with E-state index in [0.29, 0.717) is 47.3 Å². The van der Waals surface area contributed by atoms with Gasteiger partial charge in [0.15, 0.2) is 23.0 Å². The summed E-state index contributed by atoms with van der Waals surface area (Å²) in [4.78, 5) is 24.3. The van der Waals surface area contributed by atoms with Gasteiger partial charge in [0.2, 0.25) is 11.8 Å². The summed E-state index contributed by atoms with van der Waals surface area (Å²) < 4.78 is 22.5. The Bertz CT molecular complexity index is 1440. The Morgan fingerprint density at radius 2 is 1.02 bits per heavy atom. The SMILES string of the molecule is COc1cc(/C=N/NC(=O)CC(=O)N/N=C/c2ccc(OCc3ccccc3)c(OC)c2)ccc1OCc1ccccc1. The average molecular weight is 581 g/mol. The molecule has 0 aliphatic rings. The molecule has 10 heteroatoms. The molecule has 4 aromatic rings. The molecule has 0 radical (unpaired) electrons. The average Bonchev–Trinajstić information content (AvgIpc) is 3.04. The maximum absolute atomic E-state index is 12.1. The Morgan fingerprint density at radius 1 is 0.605 bits per heavy atom. The molecule has 0 aliphatic heterocycles. The first-order chi connectivity index (χ1) is 21.0. The van der Waals surface area contributed by atoms with E-state index < -0.39 is 18.2 Å². The Balaban J connectivity index is 1.21. The standard InChI is InChI=1S/C33H32N4O6/c1-40-30-17-26(13-15-28(30)42-22-24-9-5-3-6-10-24)20-34-36-32(38)19-33(39)37-35-21-27-14-16-29(31(18-27)41-2)43-23-25-11-7-4-8-12-25/h3-18,20-21H,19,22-23H2,1-2H3,(H,36,38)(H,37,39)/b34-20+,35-21+. The van der Waals surface area contributed by atoms with Crippen LogP contribution in [-0.4, -0.2) is 38.5 Å². The van der Waals surface area contributed by atoms with Crippen molar-refractivity contribution in [1.82, 2.24) is 10.9 Å². The monoisotopic (exact) mass is 580 g/mol. The van der Waals surface area contributed by atoms with Crippen molar-refractivity contribution in [1.29, 1.82) is 0 Å². The predicted molar refractivity (Wildman–Crippen MR) is 164 cm³/mol. The van der Waals surface area contributed by atoms with Gasteiger partial charge in [0.25, 0.3) is 0 Å². The first-order valence-corrected chi connectivity index (χ1v) is 13.4. The Kier molecular flexibility index (Phi) is 11.3. The van der Waals surface area contributed by atoms with Crippen LogP contribution in [0.4, 0.5) is 0 Å². The fraction of sp³-hybridized carbons (Fsp3) is 0.152. The van der Waals surface area contributed by atoms with Crippen LogP contribution >= 0.6 is 0 Å². The molecular weight excluding hydrogens is 548 g/mol. The Morgan fingerprint density at radius 3 is 1.42 bits per heavy atom. The number of hydrogen-bond acceptors (Lipinski definition) is 8. The van der Waals surface area contributed by atoms with Gasteiger partial charge in [-0.2, -0.15) is 10.2 Å². The molecule has 10 nitrogen and oxygen atoms in total. The van der Waals surface area contributed by atoms with E-state index in [4.69, 9.17) is 18.9 Å². The van der Waals surface area contributed by atoms with Crippen molar-refractivity contribution in [3.05, 3.63) is 119 Å². The minimum Gasteiger partial charge on any atom is -0.493 e. The number of nitrogens with one attached hydrogen (secondary N) is 2. The van der Waals surface area contributed by atoms with Crippen molar-refractivity contribution in [2.45, 2.75) is 19.6 Å². The largest absolute Gasteiger partial charge is 0.493 e. The first-order valence-electron chi connectivity index (χ1n) is 13.4. The molecule has 0 bridgehead atoms. The number of nitrogens with zero attached hydrogens (tertiary/aromatic N) is 2. The highest BCUT2D eigenvalue weighted by Gasteiger charge is 2.09. The number of benzene rings is 4. The molecule has 0 heterocycles. The highest BCUT2D eigenvalue weighted by Crippen LogP contribution is 2.29. The second-order valence-electron chi connectivity index (χ2n) is 9.13. The van der Waals surface area contributed by atoms with Crippen LogP contribution in [0.25, 0.3) is 0 Å². The first kappa shape index (κ1) is 30.3. The van der Waals surface area contributed by atoms with Gasteiger partial charge >= 0.3 is 0 Å². The lowest BCUT2D eigenvalue weighted by Gasteiger charge is -2.11. The van der Waals surface area contributed by atoms with Crippen LogP contribution in [0.3, 0.4) is 0 Å². The zero-order valence-corrected chi connectivity index (χ0v) is 23.9. The van der Waals surface area contributed by atoms with Gasteiger partial charge in [-0.25, -0.2) is 10.9 Å². The predicted octanol–water partition coefficient (Wildman–Crippen LogP) is 4.85. The lowest BCUT2D eigenvalue weighted by molar-refractivity contribution is -0.129.